The number of unbranched alkanes of at least 4 members (excludes halogenated alkanes) is 4. The molecule has 0 heterocycles. The highest BCUT2D eigenvalue weighted by molar-refractivity contribution is 5.66. The lowest BCUT2D eigenvalue weighted by molar-refractivity contribution is -0.137. The largest absolute Gasteiger partial charge is 0.481 e. The molecule has 3 heteroatoms. The molecule has 0 aromatic rings. The van der Waals surface area contributed by atoms with Gasteiger partial charge in [0.25, 0.3) is 0 Å². The van der Waals surface area contributed by atoms with Crippen LogP contribution in [0.5, 0.6) is 0 Å². The van der Waals surface area contributed by atoms with Crippen molar-refractivity contribution in [2.75, 3.05) is 0 Å². The van der Waals surface area contributed by atoms with E-state index in [0.29, 0.717) is 19.3 Å². The van der Waals surface area contributed by atoms with Gasteiger partial charge in [-0.05, 0) is 51.4 Å². The molecule has 132 valence electrons. The van der Waals surface area contributed by atoms with E-state index in [1.54, 1.807) is 0 Å². The van der Waals surface area contributed by atoms with Crippen molar-refractivity contribution in [3.63, 3.8) is 0 Å². The number of carboxylic acids is 1. The maximum absolute atomic E-state index is 10.4. The average molecular weight is 322 g/mol. The Bertz CT molecular complexity index is 356. The van der Waals surface area contributed by atoms with Crippen LogP contribution < -0.4 is 0 Å². The van der Waals surface area contributed by atoms with E-state index in [1.807, 2.05) is 6.08 Å². The van der Waals surface area contributed by atoms with E-state index in [1.165, 1.54) is 25.7 Å². The smallest absolute Gasteiger partial charge is 0.303 e. The number of hydrogen-bond acceptors (Lipinski definition) is 2. The highest BCUT2D eigenvalue weighted by Crippen LogP contribution is 2.06. The van der Waals surface area contributed by atoms with Gasteiger partial charge in [0.15, 0.2) is 0 Å². The molecule has 0 aliphatic heterocycles. The lowest BCUT2D eigenvalue weighted by Gasteiger charge is -2.05. The predicted octanol–water partition coefficient (Wildman–Crippen LogP) is 5.41. The summed E-state index contributed by atoms with van der Waals surface area (Å²) in [7, 11) is 0. The molecule has 0 saturated carbocycles. The summed E-state index contributed by atoms with van der Waals surface area (Å²) in [5.41, 5.74) is 0. The first-order chi connectivity index (χ1) is 11.2. The van der Waals surface area contributed by atoms with Crippen LogP contribution in [0.3, 0.4) is 0 Å². The minimum atomic E-state index is -0.796. The van der Waals surface area contributed by atoms with Crippen molar-refractivity contribution >= 4 is 5.97 Å². The first-order valence-electron chi connectivity index (χ1n) is 9.01. The number of allylic oxidation sites excluding steroid dienone is 5. The number of aliphatic hydroxyl groups is 1. The summed E-state index contributed by atoms with van der Waals surface area (Å²) in [4.78, 5) is 10.4. The predicted molar refractivity (Wildman–Crippen MR) is 97.5 cm³/mol. The monoisotopic (exact) mass is 322 g/mol. The Balaban J connectivity index is 3.45. The molecule has 0 aromatic heterocycles. The highest BCUT2D eigenvalue weighted by Gasteiger charge is 2.03. The van der Waals surface area contributed by atoms with Crippen LogP contribution in [0.4, 0.5) is 0 Å². The topological polar surface area (TPSA) is 57.5 Å². The molecule has 0 bridgehead atoms. The number of aliphatic carboxylic acids is 1. The third-order valence-corrected chi connectivity index (χ3v) is 3.58. The zero-order valence-electron chi connectivity index (χ0n) is 14.6. The lowest BCUT2D eigenvalue weighted by Crippen LogP contribution is -2.06. The van der Waals surface area contributed by atoms with Crippen LogP contribution in [0, 0.1) is 0 Å². The Morgan fingerprint density at radius 2 is 1.57 bits per heavy atom. The van der Waals surface area contributed by atoms with Gasteiger partial charge in [0.2, 0.25) is 0 Å². The number of carboxylic acid groups (broad SMARTS) is 1. The van der Waals surface area contributed by atoms with Crippen LogP contribution in [0.2, 0.25) is 0 Å². The minimum Gasteiger partial charge on any atom is -0.481 e. The van der Waals surface area contributed by atoms with Gasteiger partial charge in [0, 0.05) is 6.42 Å². The molecule has 0 spiro atoms. The number of rotatable bonds is 15. The second kappa shape index (κ2) is 17.0. The molecule has 3 nitrogen and oxygen atoms in total. The fourth-order valence-electron chi connectivity index (χ4n) is 2.19. The van der Waals surface area contributed by atoms with E-state index in [4.69, 9.17) is 5.11 Å². The molecule has 1 atom stereocenters. The molecule has 0 aromatic carbocycles. The summed E-state index contributed by atoms with van der Waals surface area (Å²) in [5, 5.41) is 18.2. The van der Waals surface area contributed by atoms with Crippen LogP contribution in [0.15, 0.2) is 36.5 Å². The van der Waals surface area contributed by atoms with Gasteiger partial charge in [0.05, 0.1) is 6.10 Å². The van der Waals surface area contributed by atoms with Crippen molar-refractivity contribution in [2.45, 2.75) is 83.7 Å². The van der Waals surface area contributed by atoms with Crippen LogP contribution in [-0.2, 0) is 4.79 Å². The fraction of sp³-hybridized carbons (Fsp3) is 0.650. The fourth-order valence-corrected chi connectivity index (χ4v) is 2.19. The SMILES string of the molecule is CCCCC/C=C\C/C=C\CC/C=C/C[C@@H](O)CCCC(=O)O. The van der Waals surface area contributed by atoms with Gasteiger partial charge < -0.3 is 10.2 Å². The van der Waals surface area contributed by atoms with Gasteiger partial charge in [-0.1, -0.05) is 56.2 Å². The Kier molecular flexibility index (Phi) is 16.0. The summed E-state index contributed by atoms with van der Waals surface area (Å²) in [6, 6.07) is 0. The molecular formula is C20H34O3. The van der Waals surface area contributed by atoms with Crippen molar-refractivity contribution in [1.82, 2.24) is 0 Å². The molecule has 0 saturated heterocycles. The summed E-state index contributed by atoms with van der Waals surface area (Å²) in [5.74, 6) is -0.796. The molecule has 0 radical (unpaired) electrons. The first kappa shape index (κ1) is 21.6. The summed E-state index contributed by atoms with van der Waals surface area (Å²) < 4.78 is 0. The maximum atomic E-state index is 10.4. The minimum absolute atomic E-state index is 0.138. The second-order valence-corrected chi connectivity index (χ2v) is 5.90. The van der Waals surface area contributed by atoms with Gasteiger partial charge in [0.1, 0.15) is 0 Å². The molecule has 0 unspecified atom stereocenters. The van der Waals surface area contributed by atoms with Crippen LogP contribution in [0.1, 0.15) is 77.6 Å². The standard InChI is InChI=1S/C20H34O3/c1-2-3-4-5-6-7-8-9-10-11-12-13-14-16-19(21)17-15-18-20(22)23/h6-7,9-10,13-14,19,21H,2-5,8,11-12,15-18H2,1H3,(H,22,23)/b7-6-,10-9-,14-13+/t19-/m1/s1. The van der Waals surface area contributed by atoms with E-state index in [0.717, 1.165) is 19.3 Å². The van der Waals surface area contributed by atoms with Crippen LogP contribution >= 0.6 is 0 Å². The van der Waals surface area contributed by atoms with Crippen LogP contribution in [-0.4, -0.2) is 22.3 Å². The lowest BCUT2D eigenvalue weighted by atomic mass is 10.1. The van der Waals surface area contributed by atoms with Crippen molar-refractivity contribution in [1.29, 1.82) is 0 Å². The van der Waals surface area contributed by atoms with Crippen LogP contribution in [0.25, 0.3) is 0 Å². The Labute approximate surface area is 141 Å². The molecule has 23 heavy (non-hydrogen) atoms. The Hall–Kier alpha value is -1.35. The first-order valence-corrected chi connectivity index (χ1v) is 9.01. The third kappa shape index (κ3) is 18.6. The van der Waals surface area contributed by atoms with E-state index >= 15 is 0 Å². The second-order valence-electron chi connectivity index (χ2n) is 5.90. The van der Waals surface area contributed by atoms with E-state index < -0.39 is 12.1 Å². The van der Waals surface area contributed by atoms with Crippen molar-refractivity contribution in [3.8, 4) is 0 Å². The van der Waals surface area contributed by atoms with Crippen molar-refractivity contribution < 1.29 is 15.0 Å². The number of aliphatic hydroxyl groups excluding tert-OH is 1. The highest BCUT2D eigenvalue weighted by atomic mass is 16.4. The van der Waals surface area contributed by atoms with Gasteiger partial charge in [-0.3, -0.25) is 4.79 Å². The molecule has 0 amide bonds. The third-order valence-electron chi connectivity index (χ3n) is 3.58. The maximum Gasteiger partial charge on any atom is 0.303 e. The average Bonchev–Trinajstić information content (AvgIpc) is 2.51. The summed E-state index contributed by atoms with van der Waals surface area (Å²) in [6.45, 7) is 2.22. The molecular weight excluding hydrogens is 288 g/mol. The van der Waals surface area contributed by atoms with Gasteiger partial charge >= 0.3 is 5.97 Å². The number of carbonyl (C=O) groups is 1. The molecule has 2 N–H and O–H groups in total. The Morgan fingerprint density at radius 1 is 0.913 bits per heavy atom. The zero-order valence-corrected chi connectivity index (χ0v) is 14.6. The van der Waals surface area contributed by atoms with E-state index in [-0.39, 0.29) is 6.42 Å². The Morgan fingerprint density at radius 3 is 2.22 bits per heavy atom. The quantitative estimate of drug-likeness (QED) is 0.313. The van der Waals surface area contributed by atoms with E-state index in [2.05, 4.69) is 37.3 Å². The molecule has 0 rings (SSSR count). The van der Waals surface area contributed by atoms with Crippen molar-refractivity contribution in [3.05, 3.63) is 36.5 Å². The number of hydrogen-bond donors (Lipinski definition) is 2. The normalized spacial score (nSPS) is 13.5. The van der Waals surface area contributed by atoms with Gasteiger partial charge in [-0.2, -0.15) is 0 Å². The summed E-state index contributed by atoms with van der Waals surface area (Å²) in [6.07, 6.45) is 22.5. The van der Waals surface area contributed by atoms with Gasteiger partial charge in [-0.25, -0.2) is 0 Å². The van der Waals surface area contributed by atoms with Gasteiger partial charge in [-0.15, -0.1) is 0 Å². The summed E-state index contributed by atoms with van der Waals surface area (Å²) >= 11 is 0. The molecule has 0 aliphatic carbocycles. The zero-order chi connectivity index (χ0) is 17.2. The van der Waals surface area contributed by atoms with E-state index in [9.17, 15) is 9.90 Å². The molecule has 0 aliphatic rings. The van der Waals surface area contributed by atoms with Crippen molar-refractivity contribution in [2.24, 2.45) is 0 Å². The molecule has 0 fully saturated rings.